The molecule has 0 nitrogen and oxygen atoms in total. The molecule has 0 heterocycles. The van der Waals surface area contributed by atoms with E-state index in [1.165, 1.54) is 32.1 Å². The van der Waals surface area contributed by atoms with Gasteiger partial charge in [-0.15, -0.1) is 6.58 Å². The zero-order valence-corrected chi connectivity index (χ0v) is 8.36. The fraction of sp³-hybridized carbons (Fsp3) is 0.778. The van der Waals surface area contributed by atoms with Crippen LogP contribution < -0.4 is 0 Å². The van der Waals surface area contributed by atoms with Crippen LogP contribution in [0.1, 0.15) is 32.1 Å². The fourth-order valence-electron chi connectivity index (χ4n) is 2.53. The van der Waals surface area contributed by atoms with E-state index >= 15 is 0 Å². The van der Waals surface area contributed by atoms with Crippen LogP contribution in [0.4, 0.5) is 0 Å². The number of halogens is 1. The Labute approximate surface area is 76.2 Å². The molecule has 0 atom stereocenters. The average Bonchev–Trinajstić information content (AvgIpc) is 1.75. The van der Waals surface area contributed by atoms with E-state index in [0.29, 0.717) is 0 Å². The van der Waals surface area contributed by atoms with E-state index in [4.69, 9.17) is 0 Å². The van der Waals surface area contributed by atoms with Gasteiger partial charge >= 0.3 is 0 Å². The van der Waals surface area contributed by atoms with Crippen molar-refractivity contribution in [1.82, 2.24) is 0 Å². The van der Waals surface area contributed by atoms with E-state index in [0.717, 1.165) is 8.84 Å². The molecule has 3 aliphatic rings. The molecular weight excluding hydrogens is 235 g/mol. The topological polar surface area (TPSA) is 0 Å². The molecule has 0 aliphatic heterocycles. The molecule has 0 unspecified atom stereocenters. The first-order chi connectivity index (χ1) is 4.68. The average molecular weight is 248 g/mol. The molecule has 0 N–H and O–H groups in total. The number of hydrogen-bond acceptors (Lipinski definition) is 0. The minimum absolute atomic E-state index is 0.763. The highest BCUT2D eigenvalue weighted by atomic mass is 127. The lowest BCUT2D eigenvalue weighted by atomic mass is 9.43. The summed E-state index contributed by atoms with van der Waals surface area (Å²) < 4.78 is 0.763. The minimum Gasteiger partial charge on any atom is -0.103 e. The van der Waals surface area contributed by atoms with Gasteiger partial charge in [-0.1, -0.05) is 28.7 Å². The Morgan fingerprint density at radius 3 is 2.40 bits per heavy atom. The Kier molecular flexibility index (Phi) is 1.42. The van der Waals surface area contributed by atoms with Gasteiger partial charge in [-0.25, -0.2) is 0 Å². The number of alkyl halides is 1. The van der Waals surface area contributed by atoms with Crippen LogP contribution in [0.2, 0.25) is 0 Å². The molecule has 3 aliphatic carbocycles. The van der Waals surface area contributed by atoms with E-state index in [1.807, 2.05) is 0 Å². The van der Waals surface area contributed by atoms with Crippen LogP contribution in [0, 0.1) is 5.41 Å². The minimum atomic E-state index is 0.763. The summed E-state index contributed by atoms with van der Waals surface area (Å²) in [5, 5.41) is 0. The van der Waals surface area contributed by atoms with Gasteiger partial charge < -0.3 is 0 Å². The smallest absolute Gasteiger partial charge is 0.0238 e. The summed E-state index contributed by atoms with van der Waals surface area (Å²) >= 11 is 2.63. The Morgan fingerprint density at radius 2 is 2.00 bits per heavy atom. The van der Waals surface area contributed by atoms with Crippen molar-refractivity contribution < 1.29 is 0 Å². The van der Waals surface area contributed by atoms with Crippen LogP contribution in [0.25, 0.3) is 0 Å². The summed E-state index contributed by atoms with van der Waals surface area (Å²) in [4.78, 5) is 0. The Hall–Kier alpha value is 0.470. The first kappa shape index (κ1) is 7.14. The maximum Gasteiger partial charge on any atom is 0.0238 e. The van der Waals surface area contributed by atoms with Crippen molar-refractivity contribution in [2.45, 2.75) is 35.5 Å². The molecule has 0 spiro atoms. The molecule has 0 aromatic rings. The van der Waals surface area contributed by atoms with Crippen LogP contribution in [-0.4, -0.2) is 3.42 Å². The van der Waals surface area contributed by atoms with Gasteiger partial charge in [0.05, 0.1) is 0 Å². The van der Waals surface area contributed by atoms with Crippen molar-refractivity contribution >= 4 is 22.6 Å². The van der Waals surface area contributed by atoms with Gasteiger partial charge in [0, 0.05) is 3.42 Å². The molecule has 0 aromatic heterocycles. The summed E-state index contributed by atoms with van der Waals surface area (Å²) in [5.41, 5.74) is 0.801. The normalized spacial score (nSPS) is 49.3. The van der Waals surface area contributed by atoms with E-state index in [9.17, 15) is 0 Å². The number of allylic oxidation sites excluding steroid dienone is 1. The summed E-state index contributed by atoms with van der Waals surface area (Å²) in [7, 11) is 0. The highest BCUT2D eigenvalue weighted by Gasteiger charge is 2.65. The second-order valence-electron chi connectivity index (χ2n) is 4.01. The standard InChI is InChI=1S/C9H13I/c1-2-3-4-8-5-9(10,6-8)7-8/h2H,1,3-7H2. The van der Waals surface area contributed by atoms with Gasteiger partial charge in [0.15, 0.2) is 0 Å². The molecule has 0 saturated heterocycles. The third kappa shape index (κ3) is 0.858. The maximum absolute atomic E-state index is 3.75. The monoisotopic (exact) mass is 248 g/mol. The lowest BCUT2D eigenvalue weighted by Gasteiger charge is -2.68. The summed E-state index contributed by atoms with van der Waals surface area (Å²) in [6, 6.07) is 0. The van der Waals surface area contributed by atoms with Crippen LogP contribution in [0.5, 0.6) is 0 Å². The molecule has 0 aromatic carbocycles. The van der Waals surface area contributed by atoms with Crippen molar-refractivity contribution in [2.24, 2.45) is 5.41 Å². The van der Waals surface area contributed by atoms with Crippen molar-refractivity contribution in [3.8, 4) is 0 Å². The van der Waals surface area contributed by atoms with Crippen LogP contribution in [-0.2, 0) is 0 Å². The van der Waals surface area contributed by atoms with Crippen molar-refractivity contribution in [1.29, 1.82) is 0 Å². The lowest BCUT2D eigenvalue weighted by Crippen LogP contribution is -2.62. The third-order valence-corrected chi connectivity index (χ3v) is 4.10. The Bertz CT molecular complexity index is 152. The van der Waals surface area contributed by atoms with Gasteiger partial charge in [0.2, 0.25) is 0 Å². The van der Waals surface area contributed by atoms with Crippen LogP contribution >= 0.6 is 22.6 Å². The quantitative estimate of drug-likeness (QED) is 0.408. The Balaban J connectivity index is 1.82. The second-order valence-corrected chi connectivity index (χ2v) is 6.30. The van der Waals surface area contributed by atoms with Gasteiger partial charge in [-0.3, -0.25) is 0 Å². The van der Waals surface area contributed by atoms with E-state index in [2.05, 4.69) is 35.2 Å². The zero-order chi connectivity index (χ0) is 7.24. The molecule has 1 heteroatoms. The van der Waals surface area contributed by atoms with Crippen molar-refractivity contribution in [3.63, 3.8) is 0 Å². The fourth-order valence-corrected chi connectivity index (χ4v) is 4.96. The summed E-state index contributed by atoms with van der Waals surface area (Å²) in [6.07, 6.45) is 9.17. The molecule has 10 heavy (non-hydrogen) atoms. The molecule has 3 saturated carbocycles. The molecule has 0 amide bonds. The first-order valence-corrected chi connectivity index (χ1v) is 5.06. The Morgan fingerprint density at radius 1 is 1.40 bits per heavy atom. The SMILES string of the molecule is C=CCCC12CC(I)(C1)C2. The molecule has 3 rings (SSSR count). The molecule has 0 radical (unpaired) electrons. The zero-order valence-electron chi connectivity index (χ0n) is 6.20. The van der Waals surface area contributed by atoms with Crippen molar-refractivity contribution in [2.75, 3.05) is 0 Å². The predicted molar refractivity (Wildman–Crippen MR) is 52.5 cm³/mol. The highest BCUT2D eigenvalue weighted by molar-refractivity contribution is 14.1. The summed E-state index contributed by atoms with van der Waals surface area (Å²) in [6.45, 7) is 3.75. The molecule has 2 bridgehead atoms. The molecule has 56 valence electrons. The maximum atomic E-state index is 3.75. The molecular formula is C9H13I. The molecule has 3 fully saturated rings. The number of rotatable bonds is 3. The van der Waals surface area contributed by atoms with Gasteiger partial charge in [-0.2, -0.15) is 0 Å². The highest BCUT2D eigenvalue weighted by Crippen LogP contribution is 2.73. The second kappa shape index (κ2) is 1.99. The van der Waals surface area contributed by atoms with Crippen LogP contribution in [0.15, 0.2) is 12.7 Å². The van der Waals surface area contributed by atoms with E-state index in [1.54, 1.807) is 0 Å². The predicted octanol–water partition coefficient (Wildman–Crippen LogP) is 3.31. The van der Waals surface area contributed by atoms with Gasteiger partial charge in [0.25, 0.3) is 0 Å². The summed E-state index contributed by atoms with van der Waals surface area (Å²) in [5.74, 6) is 0. The van der Waals surface area contributed by atoms with E-state index < -0.39 is 0 Å². The van der Waals surface area contributed by atoms with Crippen molar-refractivity contribution in [3.05, 3.63) is 12.7 Å². The largest absolute Gasteiger partial charge is 0.103 e. The van der Waals surface area contributed by atoms with E-state index in [-0.39, 0.29) is 0 Å². The van der Waals surface area contributed by atoms with Crippen LogP contribution in [0.3, 0.4) is 0 Å². The van der Waals surface area contributed by atoms with Gasteiger partial charge in [-0.05, 0) is 37.5 Å². The number of hydrogen-bond donors (Lipinski definition) is 0. The van der Waals surface area contributed by atoms with Gasteiger partial charge in [0.1, 0.15) is 0 Å². The third-order valence-electron chi connectivity index (χ3n) is 2.95. The first-order valence-electron chi connectivity index (χ1n) is 3.98. The lowest BCUT2D eigenvalue weighted by molar-refractivity contribution is -0.0684.